The second-order valence-electron chi connectivity index (χ2n) is 5.68. The SMILES string of the molecule is CCOc1cccc(/C=C(\C#N)C(=O)Nc2cccc(C)c2C)c1OC. The number of nitrogens with one attached hydrogen (secondary N) is 1. The monoisotopic (exact) mass is 350 g/mol. The van der Waals surface area contributed by atoms with E-state index in [0.717, 1.165) is 11.1 Å². The molecule has 2 rings (SSSR count). The maximum absolute atomic E-state index is 12.5. The zero-order valence-electron chi connectivity index (χ0n) is 15.4. The van der Waals surface area contributed by atoms with Gasteiger partial charge in [0.15, 0.2) is 11.5 Å². The molecule has 0 saturated carbocycles. The van der Waals surface area contributed by atoms with Crippen LogP contribution in [0.2, 0.25) is 0 Å². The Kier molecular flexibility index (Phi) is 6.40. The average molecular weight is 350 g/mol. The molecule has 0 atom stereocenters. The van der Waals surface area contributed by atoms with Gasteiger partial charge in [0.05, 0.1) is 13.7 Å². The number of nitriles is 1. The van der Waals surface area contributed by atoms with Crippen LogP contribution in [0.25, 0.3) is 6.08 Å². The van der Waals surface area contributed by atoms with Crippen molar-refractivity contribution in [1.82, 2.24) is 0 Å². The van der Waals surface area contributed by atoms with Crippen LogP contribution in [-0.4, -0.2) is 19.6 Å². The average Bonchev–Trinajstić information content (AvgIpc) is 2.63. The van der Waals surface area contributed by atoms with E-state index in [1.165, 1.54) is 13.2 Å². The molecule has 2 aromatic rings. The molecule has 0 spiro atoms. The van der Waals surface area contributed by atoms with Gasteiger partial charge in [0.1, 0.15) is 11.6 Å². The molecule has 2 aromatic carbocycles. The molecule has 0 fully saturated rings. The topological polar surface area (TPSA) is 71.3 Å². The van der Waals surface area contributed by atoms with Gasteiger partial charge < -0.3 is 14.8 Å². The predicted octanol–water partition coefficient (Wildman–Crippen LogP) is 4.26. The zero-order valence-corrected chi connectivity index (χ0v) is 15.4. The lowest BCUT2D eigenvalue weighted by Crippen LogP contribution is -2.14. The van der Waals surface area contributed by atoms with E-state index >= 15 is 0 Å². The fourth-order valence-corrected chi connectivity index (χ4v) is 2.51. The van der Waals surface area contributed by atoms with Crippen molar-refractivity contribution in [3.8, 4) is 17.6 Å². The Morgan fingerprint density at radius 1 is 1.23 bits per heavy atom. The van der Waals surface area contributed by atoms with Gasteiger partial charge in [-0.1, -0.05) is 24.3 Å². The molecule has 134 valence electrons. The van der Waals surface area contributed by atoms with Gasteiger partial charge in [-0.2, -0.15) is 5.26 Å². The highest BCUT2D eigenvalue weighted by atomic mass is 16.5. The van der Waals surface area contributed by atoms with Crippen molar-refractivity contribution in [3.63, 3.8) is 0 Å². The molecule has 0 saturated heterocycles. The molecule has 0 aliphatic rings. The van der Waals surface area contributed by atoms with Gasteiger partial charge in [-0.15, -0.1) is 0 Å². The van der Waals surface area contributed by atoms with Crippen molar-refractivity contribution in [3.05, 3.63) is 58.7 Å². The van der Waals surface area contributed by atoms with Crippen molar-refractivity contribution >= 4 is 17.7 Å². The first-order valence-electron chi connectivity index (χ1n) is 8.31. The first-order valence-corrected chi connectivity index (χ1v) is 8.31. The van der Waals surface area contributed by atoms with E-state index in [1.54, 1.807) is 18.2 Å². The fraction of sp³-hybridized carbons (Fsp3) is 0.238. The number of para-hydroxylation sites is 1. The van der Waals surface area contributed by atoms with E-state index < -0.39 is 5.91 Å². The van der Waals surface area contributed by atoms with Gasteiger partial charge in [-0.05, 0) is 50.1 Å². The number of amides is 1. The molecule has 0 aliphatic heterocycles. The predicted molar refractivity (Wildman–Crippen MR) is 102 cm³/mol. The summed E-state index contributed by atoms with van der Waals surface area (Å²) < 4.78 is 10.9. The molecule has 26 heavy (non-hydrogen) atoms. The molecule has 5 nitrogen and oxygen atoms in total. The number of ether oxygens (including phenoxy) is 2. The number of anilines is 1. The summed E-state index contributed by atoms with van der Waals surface area (Å²) in [4.78, 5) is 12.5. The number of nitrogens with zero attached hydrogens (tertiary/aromatic N) is 1. The smallest absolute Gasteiger partial charge is 0.266 e. The second-order valence-corrected chi connectivity index (χ2v) is 5.68. The third kappa shape index (κ3) is 4.22. The molecule has 0 bridgehead atoms. The van der Waals surface area contributed by atoms with E-state index in [-0.39, 0.29) is 5.57 Å². The van der Waals surface area contributed by atoms with Crippen LogP contribution >= 0.6 is 0 Å². The standard InChI is InChI=1S/C21H22N2O3/c1-5-26-19-11-7-9-16(20(19)25-4)12-17(13-22)21(24)23-18-10-6-8-14(2)15(18)3/h6-12H,5H2,1-4H3,(H,23,24)/b17-12+. The molecule has 1 amide bonds. The van der Waals surface area contributed by atoms with Crippen LogP contribution in [0.1, 0.15) is 23.6 Å². The number of carbonyl (C=O) groups excluding carboxylic acids is 1. The van der Waals surface area contributed by atoms with Crippen LogP contribution < -0.4 is 14.8 Å². The van der Waals surface area contributed by atoms with Crippen LogP contribution in [-0.2, 0) is 4.79 Å². The highest BCUT2D eigenvalue weighted by molar-refractivity contribution is 6.10. The van der Waals surface area contributed by atoms with Gasteiger partial charge in [0, 0.05) is 11.3 Å². The Morgan fingerprint density at radius 2 is 1.96 bits per heavy atom. The van der Waals surface area contributed by atoms with Gasteiger partial charge in [0.2, 0.25) is 0 Å². The Labute approximate surface area is 153 Å². The van der Waals surface area contributed by atoms with Crippen LogP contribution in [0.4, 0.5) is 5.69 Å². The van der Waals surface area contributed by atoms with Crippen LogP contribution in [0, 0.1) is 25.2 Å². The zero-order chi connectivity index (χ0) is 19.1. The van der Waals surface area contributed by atoms with Gasteiger partial charge >= 0.3 is 0 Å². The maximum Gasteiger partial charge on any atom is 0.266 e. The Morgan fingerprint density at radius 3 is 2.62 bits per heavy atom. The maximum atomic E-state index is 12.5. The summed E-state index contributed by atoms with van der Waals surface area (Å²) >= 11 is 0. The van der Waals surface area contributed by atoms with Crippen LogP contribution in [0.5, 0.6) is 11.5 Å². The molecule has 1 N–H and O–H groups in total. The van der Waals surface area contributed by atoms with E-state index in [9.17, 15) is 10.1 Å². The normalized spacial score (nSPS) is 10.8. The lowest BCUT2D eigenvalue weighted by molar-refractivity contribution is -0.112. The second kappa shape index (κ2) is 8.72. The molecule has 0 heterocycles. The van der Waals surface area contributed by atoms with E-state index in [1.807, 2.05) is 45.0 Å². The molecule has 5 heteroatoms. The molecule has 0 radical (unpaired) electrons. The highest BCUT2D eigenvalue weighted by Gasteiger charge is 2.14. The third-order valence-corrected chi connectivity index (χ3v) is 4.03. The first-order chi connectivity index (χ1) is 12.5. The van der Waals surface area contributed by atoms with Crippen molar-refractivity contribution in [2.45, 2.75) is 20.8 Å². The molecule has 0 unspecified atom stereocenters. The minimum absolute atomic E-state index is 0.0159. The van der Waals surface area contributed by atoms with Crippen molar-refractivity contribution in [1.29, 1.82) is 5.26 Å². The fourth-order valence-electron chi connectivity index (χ4n) is 2.51. The van der Waals surface area contributed by atoms with Crippen molar-refractivity contribution in [2.75, 3.05) is 19.0 Å². The summed E-state index contributed by atoms with van der Waals surface area (Å²) in [7, 11) is 1.53. The summed E-state index contributed by atoms with van der Waals surface area (Å²) in [5, 5.41) is 12.2. The number of carbonyl (C=O) groups is 1. The molecule has 0 aromatic heterocycles. The van der Waals surface area contributed by atoms with Crippen molar-refractivity contribution in [2.24, 2.45) is 0 Å². The number of aryl methyl sites for hydroxylation is 1. The Bertz CT molecular complexity index is 879. The minimum atomic E-state index is -0.468. The van der Waals surface area contributed by atoms with Gasteiger partial charge in [-0.3, -0.25) is 4.79 Å². The van der Waals surface area contributed by atoms with E-state index in [0.29, 0.717) is 29.4 Å². The number of benzene rings is 2. The van der Waals surface area contributed by atoms with E-state index in [4.69, 9.17) is 9.47 Å². The first kappa shape index (κ1) is 19.1. The largest absolute Gasteiger partial charge is 0.492 e. The minimum Gasteiger partial charge on any atom is -0.492 e. The Balaban J connectivity index is 2.36. The number of hydrogen-bond acceptors (Lipinski definition) is 4. The number of hydrogen-bond donors (Lipinski definition) is 1. The van der Waals surface area contributed by atoms with Gasteiger partial charge in [0.25, 0.3) is 5.91 Å². The summed E-state index contributed by atoms with van der Waals surface area (Å²) in [6.07, 6.45) is 1.50. The lowest BCUT2D eigenvalue weighted by Gasteiger charge is -2.12. The highest BCUT2D eigenvalue weighted by Crippen LogP contribution is 2.32. The molecule has 0 aliphatic carbocycles. The Hall–Kier alpha value is -3.26. The molecular weight excluding hydrogens is 328 g/mol. The van der Waals surface area contributed by atoms with Gasteiger partial charge in [-0.25, -0.2) is 0 Å². The summed E-state index contributed by atoms with van der Waals surface area (Å²) in [5.41, 5.74) is 3.31. The van der Waals surface area contributed by atoms with Crippen molar-refractivity contribution < 1.29 is 14.3 Å². The quantitative estimate of drug-likeness (QED) is 0.624. The summed E-state index contributed by atoms with van der Waals surface area (Å²) in [6.45, 7) is 6.26. The number of rotatable bonds is 6. The van der Waals surface area contributed by atoms with Crippen LogP contribution in [0.3, 0.4) is 0 Å². The summed E-state index contributed by atoms with van der Waals surface area (Å²) in [6, 6.07) is 12.9. The molecular formula is C21H22N2O3. The number of methoxy groups -OCH3 is 1. The summed E-state index contributed by atoms with van der Waals surface area (Å²) in [5.74, 6) is 0.586. The lowest BCUT2D eigenvalue weighted by atomic mass is 10.1. The van der Waals surface area contributed by atoms with Crippen LogP contribution in [0.15, 0.2) is 42.0 Å². The third-order valence-electron chi connectivity index (χ3n) is 4.03. The van der Waals surface area contributed by atoms with E-state index in [2.05, 4.69) is 5.32 Å².